The van der Waals surface area contributed by atoms with Gasteiger partial charge in [-0.2, -0.15) is 18.2 Å². The lowest BCUT2D eigenvalue weighted by Crippen LogP contribution is -2.32. The van der Waals surface area contributed by atoms with Gasteiger partial charge in [-0.25, -0.2) is 4.68 Å². The number of likely N-dealkylation sites (tertiary alicyclic amines) is 1. The molecule has 3 heterocycles. The Labute approximate surface area is 198 Å². The van der Waals surface area contributed by atoms with E-state index >= 15 is 0 Å². The molecule has 1 amide bonds. The molecule has 0 saturated carbocycles. The zero-order valence-corrected chi connectivity index (χ0v) is 18.8. The Morgan fingerprint density at radius 1 is 0.971 bits per heavy atom. The minimum absolute atomic E-state index is 0.115. The summed E-state index contributed by atoms with van der Waals surface area (Å²) in [5.41, 5.74) is 1.67. The Kier molecular flexibility index (Phi) is 6.23. The van der Waals surface area contributed by atoms with Crippen molar-refractivity contribution in [3.63, 3.8) is 0 Å². The number of rotatable bonds is 5. The predicted molar refractivity (Wildman–Crippen MR) is 121 cm³/mol. The molecule has 1 saturated heterocycles. The van der Waals surface area contributed by atoms with Crippen molar-refractivity contribution in [1.82, 2.24) is 30.0 Å². The molecule has 4 aromatic rings. The summed E-state index contributed by atoms with van der Waals surface area (Å²) in [4.78, 5) is 18.8. The molecule has 0 N–H and O–H groups in total. The maximum atomic E-state index is 12.8. The molecule has 1 fully saturated rings. The summed E-state index contributed by atoms with van der Waals surface area (Å²) in [6, 6.07) is 9.91. The number of alkyl halides is 3. The summed E-state index contributed by atoms with van der Waals surface area (Å²) in [7, 11) is 0. The Morgan fingerprint density at radius 3 is 2.40 bits per heavy atom. The topological polar surface area (TPSA) is 89.9 Å². The van der Waals surface area contributed by atoms with E-state index in [-0.39, 0.29) is 17.6 Å². The fourth-order valence-corrected chi connectivity index (χ4v) is 4.22. The summed E-state index contributed by atoms with van der Waals surface area (Å²) in [6.07, 6.45) is 0.403. The zero-order chi connectivity index (χ0) is 24.4. The van der Waals surface area contributed by atoms with Crippen molar-refractivity contribution in [1.29, 1.82) is 0 Å². The number of benzene rings is 2. The average Bonchev–Trinajstić information content (AvgIpc) is 3.41. The molecule has 182 valence electrons. The second kappa shape index (κ2) is 9.47. The number of hydrogen-bond acceptors (Lipinski definition) is 6. The van der Waals surface area contributed by atoms with Crippen molar-refractivity contribution in [3.05, 3.63) is 48.0 Å². The third kappa shape index (κ3) is 5.03. The highest BCUT2D eigenvalue weighted by molar-refractivity contribution is 5.80. The van der Waals surface area contributed by atoms with Gasteiger partial charge < -0.3 is 9.42 Å². The van der Waals surface area contributed by atoms with E-state index in [1.54, 1.807) is 16.8 Å². The number of nitrogens with zero attached hydrogens (tertiary/aromatic N) is 6. The van der Waals surface area contributed by atoms with Crippen molar-refractivity contribution in [2.75, 3.05) is 13.1 Å². The minimum Gasteiger partial charge on any atom is -0.343 e. The number of amides is 1. The maximum Gasteiger partial charge on any atom is 0.416 e. The van der Waals surface area contributed by atoms with E-state index in [4.69, 9.17) is 4.52 Å². The maximum absolute atomic E-state index is 12.8. The van der Waals surface area contributed by atoms with Crippen LogP contribution in [0.3, 0.4) is 0 Å². The standard InChI is InChI=1S/C24H23F3N6O2/c25-24(26,27)18-8-5-16(6-9-18)23-28-22(30-35-23)17-7-10-20-19(15-17)29-31-33(20)14-11-21(34)32-12-3-1-2-4-13-32/h5-10,15H,1-4,11-14H2. The van der Waals surface area contributed by atoms with Crippen LogP contribution >= 0.6 is 0 Å². The van der Waals surface area contributed by atoms with Crippen LogP contribution in [0, 0.1) is 0 Å². The number of fused-ring (bicyclic) bond motifs is 1. The Morgan fingerprint density at radius 2 is 1.69 bits per heavy atom. The molecule has 35 heavy (non-hydrogen) atoms. The van der Waals surface area contributed by atoms with Crippen LogP contribution in [-0.2, 0) is 17.5 Å². The van der Waals surface area contributed by atoms with Gasteiger partial charge in [-0.15, -0.1) is 5.10 Å². The minimum atomic E-state index is -4.41. The van der Waals surface area contributed by atoms with Crippen LogP contribution in [0.2, 0.25) is 0 Å². The van der Waals surface area contributed by atoms with E-state index in [0.717, 1.165) is 43.6 Å². The van der Waals surface area contributed by atoms with Crippen LogP contribution in [0.25, 0.3) is 33.9 Å². The number of carbonyl (C=O) groups excluding carboxylic acids is 1. The van der Waals surface area contributed by atoms with Crippen molar-refractivity contribution >= 4 is 16.9 Å². The largest absolute Gasteiger partial charge is 0.416 e. The molecule has 0 atom stereocenters. The molecular weight excluding hydrogens is 461 g/mol. The second-order valence-corrected chi connectivity index (χ2v) is 8.56. The van der Waals surface area contributed by atoms with Gasteiger partial charge in [0, 0.05) is 30.6 Å². The van der Waals surface area contributed by atoms with Crippen LogP contribution in [0.5, 0.6) is 0 Å². The first-order chi connectivity index (χ1) is 16.9. The van der Waals surface area contributed by atoms with Gasteiger partial charge in [0.25, 0.3) is 5.89 Å². The lowest BCUT2D eigenvalue weighted by Gasteiger charge is -2.20. The fourth-order valence-electron chi connectivity index (χ4n) is 4.22. The number of halogens is 3. The summed E-state index contributed by atoms with van der Waals surface area (Å²) in [6.45, 7) is 2.07. The van der Waals surface area contributed by atoms with Gasteiger partial charge in [0.1, 0.15) is 5.52 Å². The summed E-state index contributed by atoms with van der Waals surface area (Å²) in [5.74, 6) is 0.534. The van der Waals surface area contributed by atoms with Crippen molar-refractivity contribution in [2.45, 2.75) is 44.8 Å². The molecule has 2 aromatic carbocycles. The van der Waals surface area contributed by atoms with E-state index in [1.807, 2.05) is 11.0 Å². The van der Waals surface area contributed by atoms with Crippen LogP contribution < -0.4 is 0 Å². The predicted octanol–water partition coefficient (Wildman–Crippen LogP) is 4.96. The summed E-state index contributed by atoms with van der Waals surface area (Å²) in [5, 5.41) is 12.3. The molecule has 0 spiro atoms. The first-order valence-electron chi connectivity index (χ1n) is 11.5. The van der Waals surface area contributed by atoms with E-state index in [9.17, 15) is 18.0 Å². The van der Waals surface area contributed by atoms with Crippen LogP contribution in [0.15, 0.2) is 47.0 Å². The molecule has 11 heteroatoms. The summed E-state index contributed by atoms with van der Waals surface area (Å²) < 4.78 is 45.3. The zero-order valence-electron chi connectivity index (χ0n) is 18.8. The lowest BCUT2D eigenvalue weighted by atomic mass is 10.1. The number of aromatic nitrogens is 5. The Balaban J connectivity index is 1.28. The van der Waals surface area contributed by atoms with Gasteiger partial charge in [-0.05, 0) is 55.3 Å². The highest BCUT2D eigenvalue weighted by Crippen LogP contribution is 2.31. The molecule has 8 nitrogen and oxygen atoms in total. The van der Waals surface area contributed by atoms with Crippen molar-refractivity contribution < 1.29 is 22.5 Å². The number of aryl methyl sites for hydroxylation is 1. The van der Waals surface area contributed by atoms with Gasteiger partial charge >= 0.3 is 6.18 Å². The molecule has 1 aliphatic heterocycles. The summed E-state index contributed by atoms with van der Waals surface area (Å²) >= 11 is 0. The molecule has 2 aromatic heterocycles. The smallest absolute Gasteiger partial charge is 0.343 e. The number of carbonyl (C=O) groups is 1. The number of hydrogen-bond donors (Lipinski definition) is 0. The SMILES string of the molecule is O=C(CCn1nnc2cc(-c3noc(-c4ccc(C(F)(F)F)cc4)n3)ccc21)N1CCCCCC1. The quantitative estimate of drug-likeness (QED) is 0.398. The highest BCUT2D eigenvalue weighted by atomic mass is 19.4. The highest BCUT2D eigenvalue weighted by Gasteiger charge is 2.30. The average molecular weight is 484 g/mol. The van der Waals surface area contributed by atoms with Gasteiger partial charge in [-0.3, -0.25) is 4.79 Å². The third-order valence-electron chi connectivity index (χ3n) is 6.15. The van der Waals surface area contributed by atoms with Crippen molar-refractivity contribution in [2.24, 2.45) is 0 Å². The van der Waals surface area contributed by atoms with E-state index in [1.165, 1.54) is 25.0 Å². The third-order valence-corrected chi connectivity index (χ3v) is 6.15. The molecule has 0 bridgehead atoms. The molecule has 0 unspecified atom stereocenters. The van der Waals surface area contributed by atoms with E-state index in [0.29, 0.717) is 29.6 Å². The molecule has 0 aliphatic carbocycles. The lowest BCUT2D eigenvalue weighted by molar-refractivity contribution is -0.137. The normalized spacial score (nSPS) is 14.9. The molecule has 0 radical (unpaired) electrons. The molecule has 1 aliphatic rings. The molecule has 5 rings (SSSR count). The van der Waals surface area contributed by atoms with Crippen LogP contribution in [0.1, 0.15) is 37.7 Å². The van der Waals surface area contributed by atoms with Crippen molar-refractivity contribution in [3.8, 4) is 22.8 Å². The van der Waals surface area contributed by atoms with E-state index < -0.39 is 11.7 Å². The first-order valence-corrected chi connectivity index (χ1v) is 11.5. The van der Waals surface area contributed by atoms with Crippen LogP contribution in [0.4, 0.5) is 13.2 Å². The molecular formula is C24H23F3N6O2. The first kappa shape index (κ1) is 23.0. The van der Waals surface area contributed by atoms with Gasteiger partial charge in [-0.1, -0.05) is 23.2 Å². The monoisotopic (exact) mass is 484 g/mol. The van der Waals surface area contributed by atoms with Gasteiger partial charge in [0.15, 0.2) is 0 Å². The second-order valence-electron chi connectivity index (χ2n) is 8.56. The van der Waals surface area contributed by atoms with Crippen LogP contribution in [-0.4, -0.2) is 49.0 Å². The van der Waals surface area contributed by atoms with Gasteiger partial charge in [0.05, 0.1) is 17.6 Å². The van der Waals surface area contributed by atoms with Gasteiger partial charge in [0.2, 0.25) is 11.7 Å². The van der Waals surface area contributed by atoms with E-state index in [2.05, 4.69) is 20.5 Å². The Hall–Kier alpha value is -3.76. The fraction of sp³-hybridized carbons (Fsp3) is 0.375. The Bertz CT molecular complexity index is 1320.